The number of rotatable bonds is 2. The molecule has 0 aliphatic heterocycles. The summed E-state index contributed by atoms with van der Waals surface area (Å²) < 4.78 is 0. The Kier molecular flexibility index (Phi) is 2.93. The van der Waals surface area contributed by atoms with E-state index in [0.717, 1.165) is 52.9 Å². The number of anilines is 1. The molecule has 0 unspecified atom stereocenters. The van der Waals surface area contributed by atoms with Crippen molar-refractivity contribution in [1.82, 2.24) is 4.98 Å². The van der Waals surface area contributed by atoms with Crippen LogP contribution < -0.4 is 10.8 Å². The number of hydrogen-bond acceptors (Lipinski definition) is 5. The molecule has 100 valence electrons. The van der Waals surface area contributed by atoms with Crippen LogP contribution in [0.25, 0.3) is 10.2 Å². The second kappa shape index (κ2) is 4.49. The number of carbonyl (C=O) groups excluding carboxylic acids is 1. The monoisotopic (exact) mass is 275 g/mol. The summed E-state index contributed by atoms with van der Waals surface area (Å²) in [5.74, 6) is -1.21. The lowest BCUT2D eigenvalue weighted by atomic mass is 9.88. The van der Waals surface area contributed by atoms with Crippen molar-refractivity contribution in [3.8, 4) is 0 Å². The van der Waals surface area contributed by atoms with E-state index in [1.165, 1.54) is 17.5 Å². The molecule has 19 heavy (non-hydrogen) atoms. The molecule has 3 rings (SSSR count). The van der Waals surface area contributed by atoms with Crippen LogP contribution in [0.15, 0.2) is 0 Å². The molecule has 0 saturated carbocycles. The largest absolute Gasteiger partial charge is 0.544 e. The Morgan fingerprint density at radius 2 is 2.05 bits per heavy atom. The van der Waals surface area contributed by atoms with Gasteiger partial charge in [-0.2, -0.15) is 0 Å². The molecular formula is C14H15N2O2S-. The predicted octanol–water partition coefficient (Wildman–Crippen LogP) is 1.68. The van der Waals surface area contributed by atoms with Gasteiger partial charge in [0.1, 0.15) is 4.83 Å². The average Bonchev–Trinajstić information content (AvgIpc) is 2.75. The number of thiophene rings is 1. The molecule has 2 aromatic heterocycles. The Labute approximate surface area is 115 Å². The Morgan fingerprint density at radius 1 is 1.37 bits per heavy atom. The summed E-state index contributed by atoms with van der Waals surface area (Å²) in [4.78, 5) is 16.6. The molecule has 0 aromatic carbocycles. The van der Waals surface area contributed by atoms with E-state index in [9.17, 15) is 9.90 Å². The van der Waals surface area contributed by atoms with Crippen molar-refractivity contribution in [3.05, 3.63) is 21.7 Å². The van der Waals surface area contributed by atoms with E-state index in [1.54, 1.807) is 0 Å². The van der Waals surface area contributed by atoms with Crippen LogP contribution in [0.5, 0.6) is 0 Å². The Hall–Kier alpha value is -1.62. The van der Waals surface area contributed by atoms with Crippen molar-refractivity contribution < 1.29 is 9.90 Å². The molecule has 2 N–H and O–H groups in total. The number of carbonyl (C=O) groups is 1. The summed E-state index contributed by atoms with van der Waals surface area (Å²) in [6.45, 7) is 2.08. The third kappa shape index (κ3) is 1.80. The lowest BCUT2D eigenvalue weighted by Crippen LogP contribution is -2.22. The summed E-state index contributed by atoms with van der Waals surface area (Å²) in [5.41, 5.74) is 9.94. The normalized spacial score (nSPS) is 14.6. The fraction of sp³-hybridized carbons (Fsp3) is 0.429. The Balaban J connectivity index is 2.38. The second-order valence-electron chi connectivity index (χ2n) is 4.89. The first-order chi connectivity index (χ1) is 9.13. The molecule has 0 bridgehead atoms. The highest BCUT2D eigenvalue weighted by molar-refractivity contribution is 7.21. The van der Waals surface area contributed by atoms with Crippen LogP contribution in [0.1, 0.15) is 46.3 Å². The van der Waals surface area contributed by atoms with Gasteiger partial charge in [-0.05, 0) is 43.2 Å². The van der Waals surface area contributed by atoms with Gasteiger partial charge in [0.2, 0.25) is 0 Å². The van der Waals surface area contributed by atoms with Crippen LogP contribution in [-0.4, -0.2) is 11.0 Å². The van der Waals surface area contributed by atoms with E-state index in [1.807, 2.05) is 0 Å². The molecule has 1 aliphatic carbocycles. The van der Waals surface area contributed by atoms with E-state index in [2.05, 4.69) is 11.9 Å². The van der Waals surface area contributed by atoms with Crippen LogP contribution in [-0.2, 0) is 19.3 Å². The van der Waals surface area contributed by atoms with Crippen LogP contribution in [0.2, 0.25) is 0 Å². The van der Waals surface area contributed by atoms with Gasteiger partial charge in [-0.3, -0.25) is 0 Å². The van der Waals surface area contributed by atoms with Gasteiger partial charge in [0, 0.05) is 11.1 Å². The zero-order valence-electron chi connectivity index (χ0n) is 10.8. The van der Waals surface area contributed by atoms with Crippen molar-refractivity contribution in [2.24, 2.45) is 0 Å². The lowest BCUT2D eigenvalue weighted by Gasteiger charge is -2.19. The van der Waals surface area contributed by atoms with Crippen molar-refractivity contribution in [3.63, 3.8) is 0 Å². The SMILES string of the molecule is CCc1nc2sc(C(=O)[O-])c(N)c2c2c1CCCC2. The molecule has 0 saturated heterocycles. The lowest BCUT2D eigenvalue weighted by molar-refractivity contribution is -0.254. The molecular weight excluding hydrogens is 260 g/mol. The first-order valence-corrected chi connectivity index (χ1v) is 7.39. The van der Waals surface area contributed by atoms with Gasteiger partial charge in [-0.25, -0.2) is 4.98 Å². The van der Waals surface area contributed by atoms with Crippen molar-refractivity contribution in [2.45, 2.75) is 39.0 Å². The third-order valence-electron chi connectivity index (χ3n) is 3.80. The maximum absolute atomic E-state index is 11.1. The first-order valence-electron chi connectivity index (χ1n) is 6.57. The Morgan fingerprint density at radius 3 is 2.68 bits per heavy atom. The van der Waals surface area contributed by atoms with Crippen molar-refractivity contribution >= 4 is 33.2 Å². The maximum atomic E-state index is 11.1. The highest BCUT2D eigenvalue weighted by Crippen LogP contribution is 2.39. The van der Waals surface area contributed by atoms with Gasteiger partial charge in [-0.1, -0.05) is 6.92 Å². The molecule has 0 atom stereocenters. The molecule has 0 fully saturated rings. The molecule has 2 aromatic rings. The van der Waals surface area contributed by atoms with Gasteiger partial charge in [-0.15, -0.1) is 11.3 Å². The number of carboxylic acid groups (broad SMARTS) is 1. The zero-order valence-corrected chi connectivity index (χ0v) is 11.6. The highest BCUT2D eigenvalue weighted by atomic mass is 32.1. The molecule has 0 radical (unpaired) electrons. The smallest absolute Gasteiger partial charge is 0.126 e. The molecule has 5 heteroatoms. The number of nitrogens with two attached hydrogens (primary N) is 1. The van der Waals surface area contributed by atoms with Crippen molar-refractivity contribution in [1.29, 1.82) is 0 Å². The summed E-state index contributed by atoms with van der Waals surface area (Å²) in [5, 5.41) is 12.0. The van der Waals surface area contributed by atoms with Crippen LogP contribution in [0, 0.1) is 0 Å². The average molecular weight is 275 g/mol. The number of aryl methyl sites for hydroxylation is 2. The number of aromatic carboxylic acids is 1. The minimum Gasteiger partial charge on any atom is -0.544 e. The summed E-state index contributed by atoms with van der Waals surface area (Å²) in [6, 6.07) is 0. The number of carboxylic acids is 1. The molecule has 4 nitrogen and oxygen atoms in total. The van der Waals surface area contributed by atoms with Gasteiger partial charge in [0.05, 0.1) is 16.5 Å². The fourth-order valence-electron chi connectivity index (χ4n) is 2.94. The maximum Gasteiger partial charge on any atom is 0.126 e. The molecule has 0 amide bonds. The summed E-state index contributed by atoms with van der Waals surface area (Å²) in [7, 11) is 0. The minimum atomic E-state index is -1.21. The standard InChI is InChI=1S/C14H16N2O2S/c1-2-9-7-5-3-4-6-8(7)10-11(15)12(14(17)18)19-13(10)16-9/h2-6,15H2,1H3,(H,17,18)/p-1. The summed E-state index contributed by atoms with van der Waals surface area (Å²) in [6.07, 6.45) is 5.17. The van der Waals surface area contributed by atoms with E-state index in [4.69, 9.17) is 5.73 Å². The fourth-order valence-corrected chi connectivity index (χ4v) is 3.92. The van der Waals surface area contributed by atoms with Gasteiger partial charge in [0.15, 0.2) is 0 Å². The number of nitrogens with zero attached hydrogens (tertiary/aromatic N) is 1. The number of nitrogen functional groups attached to an aromatic ring is 1. The Bertz CT molecular complexity index is 676. The van der Waals surface area contributed by atoms with Gasteiger partial charge >= 0.3 is 0 Å². The van der Waals surface area contributed by atoms with Crippen LogP contribution in [0.3, 0.4) is 0 Å². The summed E-state index contributed by atoms with van der Waals surface area (Å²) >= 11 is 1.14. The molecule has 1 aliphatic rings. The quantitative estimate of drug-likeness (QED) is 0.904. The first kappa shape index (κ1) is 12.4. The molecule has 2 heterocycles. The number of aromatic nitrogens is 1. The van der Waals surface area contributed by atoms with Crippen LogP contribution in [0.4, 0.5) is 5.69 Å². The van der Waals surface area contributed by atoms with Gasteiger partial charge in [0.25, 0.3) is 0 Å². The van der Waals surface area contributed by atoms with Gasteiger partial charge < -0.3 is 15.6 Å². The third-order valence-corrected chi connectivity index (χ3v) is 4.88. The number of hydrogen-bond donors (Lipinski definition) is 1. The van der Waals surface area contributed by atoms with E-state index in [0.29, 0.717) is 5.69 Å². The number of fused-ring (bicyclic) bond motifs is 3. The van der Waals surface area contributed by atoms with Crippen molar-refractivity contribution in [2.75, 3.05) is 5.73 Å². The van der Waals surface area contributed by atoms with E-state index in [-0.39, 0.29) is 4.88 Å². The van der Waals surface area contributed by atoms with E-state index < -0.39 is 5.97 Å². The second-order valence-corrected chi connectivity index (χ2v) is 5.89. The number of pyridine rings is 1. The molecule has 0 spiro atoms. The predicted molar refractivity (Wildman–Crippen MR) is 74.4 cm³/mol. The van der Waals surface area contributed by atoms with E-state index >= 15 is 0 Å². The highest BCUT2D eigenvalue weighted by Gasteiger charge is 2.22. The zero-order chi connectivity index (χ0) is 13.6. The topological polar surface area (TPSA) is 79.0 Å². The van der Waals surface area contributed by atoms with Crippen LogP contribution >= 0.6 is 11.3 Å². The minimum absolute atomic E-state index is 0.114.